The molecule has 7 heteroatoms. The van der Waals surface area contributed by atoms with Gasteiger partial charge in [-0.3, -0.25) is 0 Å². The third-order valence-corrected chi connectivity index (χ3v) is 6.07. The van der Waals surface area contributed by atoms with Crippen LogP contribution in [0, 0.1) is 11.3 Å². The molecule has 2 aromatic carbocycles. The summed E-state index contributed by atoms with van der Waals surface area (Å²) in [5.41, 5.74) is 1.53. The highest BCUT2D eigenvalue weighted by molar-refractivity contribution is 7.90. The summed E-state index contributed by atoms with van der Waals surface area (Å²) < 4.78 is 29.1. The van der Waals surface area contributed by atoms with Crippen molar-refractivity contribution in [3.05, 3.63) is 59.1 Å². The average molecular weight is 339 g/mol. The van der Waals surface area contributed by atoms with Crippen molar-refractivity contribution in [3.8, 4) is 6.07 Å². The summed E-state index contributed by atoms with van der Waals surface area (Å²) in [5.74, 6) is -0.800. The Bertz CT molecular complexity index is 1070. The minimum Gasteiger partial charge on any atom is -0.239 e. The lowest BCUT2D eigenvalue weighted by Crippen LogP contribution is -2.10. The van der Waals surface area contributed by atoms with E-state index in [0.717, 1.165) is 10.2 Å². The zero-order valence-corrected chi connectivity index (χ0v) is 13.3. The minimum atomic E-state index is -3.73. The Labute approximate surface area is 136 Å². The molecular weight excluding hydrogens is 330 g/mol. The van der Waals surface area contributed by atoms with Crippen molar-refractivity contribution in [1.29, 1.82) is 5.26 Å². The number of aromatic nitrogens is 1. The van der Waals surface area contributed by atoms with E-state index in [1.165, 1.54) is 17.4 Å². The monoisotopic (exact) mass is 339 g/mol. The fourth-order valence-corrected chi connectivity index (χ4v) is 4.86. The number of rotatable bonds is 2. The molecule has 1 aliphatic heterocycles. The van der Waals surface area contributed by atoms with Gasteiger partial charge in [-0.25, -0.2) is 4.98 Å². The first kappa shape index (κ1) is 14.1. The molecule has 5 nitrogen and oxygen atoms in total. The Hall–Kier alpha value is -2.56. The molecule has 0 fully saturated rings. The fourth-order valence-electron chi connectivity index (χ4n) is 2.59. The lowest BCUT2D eigenvalue weighted by molar-refractivity contribution is 0.599. The zero-order valence-electron chi connectivity index (χ0n) is 11.7. The van der Waals surface area contributed by atoms with E-state index < -0.39 is 15.9 Å². The van der Waals surface area contributed by atoms with Gasteiger partial charge in [0.15, 0.2) is 0 Å². The van der Waals surface area contributed by atoms with Crippen molar-refractivity contribution in [2.24, 2.45) is 4.40 Å². The van der Waals surface area contributed by atoms with Gasteiger partial charge in [-0.1, -0.05) is 30.3 Å². The van der Waals surface area contributed by atoms with E-state index in [2.05, 4.69) is 15.5 Å². The molecule has 4 rings (SSSR count). The molecule has 0 radical (unpaired) electrons. The van der Waals surface area contributed by atoms with Crippen LogP contribution in [0.1, 0.15) is 16.5 Å². The lowest BCUT2D eigenvalue weighted by atomic mass is 9.98. The summed E-state index contributed by atoms with van der Waals surface area (Å²) in [4.78, 5) is 4.62. The van der Waals surface area contributed by atoms with Crippen LogP contribution in [0.2, 0.25) is 0 Å². The van der Waals surface area contributed by atoms with E-state index in [1.54, 1.807) is 18.2 Å². The molecular formula is C16H9N3O2S2. The minimum absolute atomic E-state index is 0.149. The third-order valence-electron chi connectivity index (χ3n) is 3.62. The van der Waals surface area contributed by atoms with Crippen molar-refractivity contribution in [2.45, 2.75) is 10.8 Å². The SMILES string of the molecule is N#C[C@H](C1=NS(=O)(=O)c2ccccc21)c1nc2ccccc2s1. The highest BCUT2D eigenvalue weighted by atomic mass is 32.2. The highest BCUT2D eigenvalue weighted by Crippen LogP contribution is 2.35. The topological polar surface area (TPSA) is 83.2 Å². The van der Waals surface area contributed by atoms with Gasteiger partial charge in [-0.2, -0.15) is 18.1 Å². The number of hydrogen-bond acceptors (Lipinski definition) is 5. The van der Waals surface area contributed by atoms with Crippen LogP contribution in [0.3, 0.4) is 0 Å². The molecule has 0 amide bonds. The van der Waals surface area contributed by atoms with Crippen molar-refractivity contribution in [2.75, 3.05) is 0 Å². The van der Waals surface area contributed by atoms with Crippen LogP contribution in [-0.2, 0) is 10.0 Å². The van der Waals surface area contributed by atoms with E-state index in [9.17, 15) is 13.7 Å². The second-order valence-electron chi connectivity index (χ2n) is 5.03. The maximum Gasteiger partial charge on any atom is 0.283 e. The quantitative estimate of drug-likeness (QED) is 0.718. The Morgan fingerprint density at radius 3 is 2.61 bits per heavy atom. The normalized spacial score (nSPS) is 16.6. The van der Waals surface area contributed by atoms with E-state index >= 15 is 0 Å². The number of fused-ring (bicyclic) bond motifs is 2. The van der Waals surface area contributed by atoms with Crippen LogP contribution in [0.4, 0.5) is 0 Å². The van der Waals surface area contributed by atoms with Gasteiger partial charge in [-0.05, 0) is 18.2 Å². The Kier molecular flexibility index (Phi) is 3.04. The van der Waals surface area contributed by atoms with Gasteiger partial charge in [0.25, 0.3) is 10.0 Å². The van der Waals surface area contributed by atoms with Crippen LogP contribution >= 0.6 is 11.3 Å². The predicted molar refractivity (Wildman–Crippen MR) is 88.1 cm³/mol. The number of thiazole rings is 1. The van der Waals surface area contributed by atoms with Gasteiger partial charge >= 0.3 is 0 Å². The molecule has 23 heavy (non-hydrogen) atoms. The summed E-state index contributed by atoms with van der Waals surface area (Å²) in [6.45, 7) is 0. The van der Waals surface area contributed by atoms with Crippen LogP contribution in [0.15, 0.2) is 57.8 Å². The number of nitrogens with zero attached hydrogens (tertiary/aromatic N) is 3. The maximum atomic E-state index is 12.2. The summed E-state index contributed by atoms with van der Waals surface area (Å²) in [6.07, 6.45) is 0. The van der Waals surface area contributed by atoms with Crippen LogP contribution in [0.5, 0.6) is 0 Å². The number of hydrogen-bond donors (Lipinski definition) is 0. The van der Waals surface area contributed by atoms with Gasteiger partial charge < -0.3 is 0 Å². The largest absolute Gasteiger partial charge is 0.283 e. The van der Waals surface area contributed by atoms with Crippen molar-refractivity contribution in [3.63, 3.8) is 0 Å². The summed E-state index contributed by atoms with van der Waals surface area (Å²) >= 11 is 1.38. The fraction of sp³-hybridized carbons (Fsp3) is 0.0625. The van der Waals surface area contributed by atoms with Crippen molar-refractivity contribution >= 4 is 37.3 Å². The molecule has 0 N–H and O–H groups in total. The van der Waals surface area contributed by atoms with Gasteiger partial charge in [0.1, 0.15) is 10.9 Å². The predicted octanol–water partition coefficient (Wildman–Crippen LogP) is 3.10. The van der Waals surface area contributed by atoms with E-state index in [1.807, 2.05) is 24.3 Å². The standard InChI is InChI=1S/C16H9N3O2S2/c17-9-11(16-18-12-6-2-3-7-13(12)22-16)15-10-5-1-4-8-14(10)23(20,21)19-15/h1-8,11H/t11-/m1/s1. The number of para-hydroxylation sites is 1. The Morgan fingerprint density at radius 2 is 1.83 bits per heavy atom. The lowest BCUT2D eigenvalue weighted by Gasteiger charge is -2.05. The molecule has 0 unspecified atom stereocenters. The third kappa shape index (κ3) is 2.15. The Balaban J connectivity index is 1.90. The molecule has 3 aromatic rings. The zero-order chi connectivity index (χ0) is 16.0. The first-order chi connectivity index (χ1) is 11.1. The van der Waals surface area contributed by atoms with E-state index in [-0.39, 0.29) is 10.6 Å². The van der Waals surface area contributed by atoms with Gasteiger partial charge in [0.2, 0.25) is 0 Å². The molecule has 0 spiro atoms. The molecule has 0 saturated carbocycles. The highest BCUT2D eigenvalue weighted by Gasteiger charge is 2.35. The Morgan fingerprint density at radius 1 is 1.09 bits per heavy atom. The molecule has 2 heterocycles. The van der Waals surface area contributed by atoms with E-state index in [4.69, 9.17) is 0 Å². The van der Waals surface area contributed by atoms with Gasteiger partial charge in [-0.15, -0.1) is 11.3 Å². The first-order valence-electron chi connectivity index (χ1n) is 6.79. The molecule has 1 atom stereocenters. The molecule has 112 valence electrons. The summed E-state index contributed by atoms with van der Waals surface area (Å²) in [6, 6.07) is 16.3. The van der Waals surface area contributed by atoms with E-state index in [0.29, 0.717) is 10.6 Å². The number of nitriles is 1. The van der Waals surface area contributed by atoms with Gasteiger partial charge in [0, 0.05) is 5.56 Å². The molecule has 0 aliphatic carbocycles. The van der Waals surface area contributed by atoms with Crippen molar-refractivity contribution in [1.82, 2.24) is 4.98 Å². The van der Waals surface area contributed by atoms with Crippen molar-refractivity contribution < 1.29 is 8.42 Å². The molecule has 1 aromatic heterocycles. The summed E-state index contributed by atoms with van der Waals surface area (Å²) in [5, 5.41) is 10.2. The number of sulfonamides is 1. The molecule has 0 bridgehead atoms. The summed E-state index contributed by atoms with van der Waals surface area (Å²) in [7, 11) is -3.73. The molecule has 0 saturated heterocycles. The molecule has 1 aliphatic rings. The van der Waals surface area contributed by atoms with Crippen LogP contribution in [-0.4, -0.2) is 19.1 Å². The van der Waals surface area contributed by atoms with Gasteiger partial charge in [0.05, 0.1) is 26.9 Å². The smallest absolute Gasteiger partial charge is 0.239 e. The maximum absolute atomic E-state index is 12.2. The van der Waals surface area contributed by atoms with Crippen LogP contribution < -0.4 is 0 Å². The average Bonchev–Trinajstić information content (AvgIpc) is 3.08. The number of benzene rings is 2. The second-order valence-corrected chi connectivity index (χ2v) is 7.66. The first-order valence-corrected chi connectivity index (χ1v) is 9.05. The second kappa shape index (κ2) is 4.98. The van der Waals surface area contributed by atoms with Crippen LogP contribution in [0.25, 0.3) is 10.2 Å².